The maximum absolute atomic E-state index is 3.93. The van der Waals surface area contributed by atoms with E-state index in [4.69, 9.17) is 0 Å². The van der Waals surface area contributed by atoms with Gasteiger partial charge < -0.3 is 0 Å². The van der Waals surface area contributed by atoms with Gasteiger partial charge in [-0.2, -0.15) is 12.6 Å². The molecule has 0 aromatic heterocycles. The smallest absolute Gasteiger partial charge is 0.0257 e. The first-order valence-electron chi connectivity index (χ1n) is 2.62. The van der Waals surface area contributed by atoms with Gasteiger partial charge in [0.15, 0.2) is 0 Å². The molecular formula is C6H12S. The first kappa shape index (κ1) is 7.09. The maximum Gasteiger partial charge on any atom is -0.0257 e. The number of rotatable bonds is 2. The lowest BCUT2D eigenvalue weighted by atomic mass is 10.1. The van der Waals surface area contributed by atoms with Gasteiger partial charge in [-0.1, -0.05) is 26.3 Å². The van der Waals surface area contributed by atoms with E-state index in [1.165, 1.54) is 6.42 Å². The van der Waals surface area contributed by atoms with E-state index in [0.717, 1.165) is 0 Å². The third kappa shape index (κ3) is 3.93. The van der Waals surface area contributed by atoms with Crippen LogP contribution in [0.5, 0.6) is 0 Å². The Morgan fingerprint density at radius 2 is 2.29 bits per heavy atom. The van der Waals surface area contributed by atoms with Crippen LogP contribution in [0.1, 0.15) is 20.3 Å². The first-order chi connectivity index (χ1) is 3.31. The summed E-state index contributed by atoms with van der Waals surface area (Å²) in [5.74, 6) is 0.692. The fourth-order valence-corrected chi connectivity index (χ4v) is 0.577. The Labute approximate surface area is 51.0 Å². The van der Waals surface area contributed by atoms with Gasteiger partial charge in [0.25, 0.3) is 0 Å². The van der Waals surface area contributed by atoms with Gasteiger partial charge in [-0.05, 0) is 11.3 Å². The number of thiol groups is 1. The zero-order valence-corrected chi connectivity index (χ0v) is 5.78. The Morgan fingerprint density at radius 3 is 2.43 bits per heavy atom. The van der Waals surface area contributed by atoms with Gasteiger partial charge in [-0.25, -0.2) is 0 Å². The van der Waals surface area contributed by atoms with Gasteiger partial charge in [0.05, 0.1) is 0 Å². The van der Waals surface area contributed by atoms with E-state index in [9.17, 15) is 0 Å². The molecule has 0 rings (SSSR count). The second kappa shape index (κ2) is 4.25. The molecule has 0 nitrogen and oxygen atoms in total. The third-order valence-electron chi connectivity index (χ3n) is 1.06. The van der Waals surface area contributed by atoms with E-state index < -0.39 is 0 Å². The van der Waals surface area contributed by atoms with Crippen molar-refractivity contribution >= 4 is 12.6 Å². The monoisotopic (exact) mass is 116 g/mol. The minimum absolute atomic E-state index is 0.692. The summed E-state index contributed by atoms with van der Waals surface area (Å²) in [7, 11) is 0. The van der Waals surface area contributed by atoms with Crippen LogP contribution in [-0.2, 0) is 0 Å². The van der Waals surface area contributed by atoms with Crippen LogP contribution in [0.25, 0.3) is 0 Å². The molecular weight excluding hydrogens is 104 g/mol. The fourth-order valence-electron chi connectivity index (χ4n) is 0.283. The SMILES string of the molecule is CCC(C)/C=C/S. The highest BCUT2D eigenvalue weighted by molar-refractivity contribution is 7.83. The first-order valence-corrected chi connectivity index (χ1v) is 3.13. The highest BCUT2D eigenvalue weighted by Gasteiger charge is 1.86. The minimum Gasteiger partial charge on any atom is -0.152 e. The summed E-state index contributed by atoms with van der Waals surface area (Å²) >= 11 is 3.93. The molecule has 0 aromatic carbocycles. The Bertz CT molecular complexity index is 57.2. The molecule has 1 unspecified atom stereocenters. The van der Waals surface area contributed by atoms with Crippen LogP contribution in [0.4, 0.5) is 0 Å². The van der Waals surface area contributed by atoms with Crippen LogP contribution in [0, 0.1) is 5.92 Å². The Kier molecular flexibility index (Phi) is 4.31. The average molecular weight is 116 g/mol. The second-order valence-corrected chi connectivity index (χ2v) is 2.03. The van der Waals surface area contributed by atoms with E-state index in [2.05, 4.69) is 32.6 Å². The van der Waals surface area contributed by atoms with Gasteiger partial charge >= 0.3 is 0 Å². The van der Waals surface area contributed by atoms with Crippen LogP contribution in [-0.4, -0.2) is 0 Å². The molecule has 0 N–H and O–H groups in total. The van der Waals surface area contributed by atoms with Crippen molar-refractivity contribution in [1.29, 1.82) is 0 Å². The van der Waals surface area contributed by atoms with E-state index in [0.29, 0.717) is 5.92 Å². The molecule has 0 heterocycles. The molecule has 0 aliphatic heterocycles. The largest absolute Gasteiger partial charge is 0.152 e. The quantitative estimate of drug-likeness (QED) is 0.526. The van der Waals surface area contributed by atoms with Gasteiger partial charge in [0.2, 0.25) is 0 Å². The zero-order chi connectivity index (χ0) is 5.70. The third-order valence-corrected chi connectivity index (χ3v) is 1.23. The molecule has 0 aromatic rings. The zero-order valence-electron chi connectivity index (χ0n) is 4.89. The summed E-state index contributed by atoms with van der Waals surface area (Å²) in [6.45, 7) is 4.34. The van der Waals surface area contributed by atoms with Crippen LogP contribution in [0.2, 0.25) is 0 Å². The molecule has 0 saturated heterocycles. The summed E-state index contributed by atoms with van der Waals surface area (Å²) in [6, 6.07) is 0. The second-order valence-electron chi connectivity index (χ2n) is 1.73. The van der Waals surface area contributed by atoms with Crippen LogP contribution >= 0.6 is 12.6 Å². The van der Waals surface area contributed by atoms with E-state index >= 15 is 0 Å². The summed E-state index contributed by atoms with van der Waals surface area (Å²) in [6.07, 6.45) is 3.29. The highest BCUT2D eigenvalue weighted by atomic mass is 32.1. The molecule has 0 radical (unpaired) electrons. The lowest BCUT2D eigenvalue weighted by Gasteiger charge is -1.95. The van der Waals surface area contributed by atoms with Gasteiger partial charge in [0.1, 0.15) is 0 Å². The maximum atomic E-state index is 3.93. The van der Waals surface area contributed by atoms with E-state index in [-0.39, 0.29) is 0 Å². The van der Waals surface area contributed by atoms with Crippen LogP contribution in [0.15, 0.2) is 11.5 Å². The molecule has 0 amide bonds. The predicted molar refractivity (Wildman–Crippen MR) is 37.6 cm³/mol. The van der Waals surface area contributed by atoms with E-state index in [1.807, 2.05) is 0 Å². The molecule has 0 aliphatic carbocycles. The number of hydrogen-bond acceptors (Lipinski definition) is 1. The molecule has 1 heteroatoms. The predicted octanol–water partition coefficient (Wildman–Crippen LogP) is 2.48. The Balaban J connectivity index is 3.16. The van der Waals surface area contributed by atoms with Crippen molar-refractivity contribution in [3.63, 3.8) is 0 Å². The van der Waals surface area contributed by atoms with Gasteiger partial charge in [0, 0.05) is 0 Å². The van der Waals surface area contributed by atoms with Gasteiger partial charge in [-0.3, -0.25) is 0 Å². The van der Waals surface area contributed by atoms with Crippen LogP contribution < -0.4 is 0 Å². The standard InChI is InChI=1S/C6H12S/c1-3-6(2)4-5-7/h4-7H,3H2,1-2H3/b5-4+. The molecule has 42 valence electrons. The summed E-state index contributed by atoms with van der Waals surface area (Å²) in [5, 5.41) is 1.80. The van der Waals surface area contributed by atoms with Crippen molar-refractivity contribution in [3.8, 4) is 0 Å². The van der Waals surface area contributed by atoms with Crippen molar-refractivity contribution < 1.29 is 0 Å². The Hall–Kier alpha value is 0.0900. The number of hydrogen-bond donors (Lipinski definition) is 1. The van der Waals surface area contributed by atoms with Crippen molar-refractivity contribution in [2.45, 2.75) is 20.3 Å². The molecule has 0 saturated carbocycles. The summed E-state index contributed by atoms with van der Waals surface area (Å²) < 4.78 is 0. The van der Waals surface area contributed by atoms with Crippen molar-refractivity contribution in [2.75, 3.05) is 0 Å². The molecule has 0 bridgehead atoms. The molecule has 0 spiro atoms. The molecule has 0 aliphatic rings. The lowest BCUT2D eigenvalue weighted by Crippen LogP contribution is -1.81. The van der Waals surface area contributed by atoms with Gasteiger partial charge in [-0.15, -0.1) is 0 Å². The summed E-state index contributed by atoms with van der Waals surface area (Å²) in [4.78, 5) is 0. The topological polar surface area (TPSA) is 0 Å². The Morgan fingerprint density at radius 1 is 1.71 bits per heavy atom. The molecule has 0 fully saturated rings. The van der Waals surface area contributed by atoms with Crippen molar-refractivity contribution in [2.24, 2.45) is 5.92 Å². The number of allylic oxidation sites excluding steroid dienone is 1. The highest BCUT2D eigenvalue weighted by Crippen LogP contribution is 2.01. The molecule has 1 atom stereocenters. The van der Waals surface area contributed by atoms with Crippen molar-refractivity contribution in [3.05, 3.63) is 11.5 Å². The minimum atomic E-state index is 0.692. The van der Waals surface area contributed by atoms with Crippen LogP contribution in [0.3, 0.4) is 0 Å². The van der Waals surface area contributed by atoms with Crippen molar-refractivity contribution in [1.82, 2.24) is 0 Å². The average Bonchev–Trinajstić information content (AvgIpc) is 1.68. The lowest BCUT2D eigenvalue weighted by molar-refractivity contribution is 0.699. The fraction of sp³-hybridized carbons (Fsp3) is 0.667. The normalized spacial score (nSPS) is 15.3. The molecule has 7 heavy (non-hydrogen) atoms. The van der Waals surface area contributed by atoms with E-state index in [1.54, 1.807) is 5.41 Å². The summed E-state index contributed by atoms with van der Waals surface area (Å²) in [5.41, 5.74) is 0.